The van der Waals surface area contributed by atoms with Crippen molar-refractivity contribution in [2.75, 3.05) is 11.1 Å². The molecular weight excluding hydrogens is 300 g/mol. The van der Waals surface area contributed by atoms with Crippen molar-refractivity contribution in [3.05, 3.63) is 52.1 Å². The first-order valence-corrected chi connectivity index (χ1v) is 6.88. The zero-order valence-electron chi connectivity index (χ0n) is 10.9. The summed E-state index contributed by atoms with van der Waals surface area (Å²) in [7, 11) is 0. The summed E-state index contributed by atoms with van der Waals surface area (Å²) >= 11 is 1.07. The Bertz CT molecular complexity index is 734. The normalized spacial score (nSPS) is 10.4. The Morgan fingerprint density at radius 1 is 1.33 bits per heavy atom. The van der Waals surface area contributed by atoms with Gasteiger partial charge in [-0.15, -0.1) is 0 Å². The van der Waals surface area contributed by atoms with Gasteiger partial charge in [-0.1, -0.05) is 11.8 Å². The molecule has 5 nitrogen and oxygen atoms in total. The minimum Gasteiger partial charge on any atom is -0.325 e. The van der Waals surface area contributed by atoms with Crippen molar-refractivity contribution in [3.63, 3.8) is 0 Å². The topological polar surface area (TPSA) is 74.8 Å². The summed E-state index contributed by atoms with van der Waals surface area (Å²) in [6.07, 6.45) is 0. The van der Waals surface area contributed by atoms with Gasteiger partial charge in [0.1, 0.15) is 5.03 Å². The SMILES string of the molecule is Cc1cc(SCC(=O)Nc2ccc(F)c(F)c2)nc(=O)[nH]1. The molecule has 0 spiro atoms. The quantitative estimate of drug-likeness (QED) is 0.670. The molecule has 0 saturated heterocycles. The highest BCUT2D eigenvalue weighted by Crippen LogP contribution is 2.16. The molecule has 0 radical (unpaired) electrons. The second-order valence-corrected chi connectivity index (χ2v) is 5.17. The van der Waals surface area contributed by atoms with Crippen LogP contribution in [0.15, 0.2) is 34.1 Å². The lowest BCUT2D eigenvalue weighted by Crippen LogP contribution is -2.16. The maximum atomic E-state index is 13.0. The van der Waals surface area contributed by atoms with Crippen molar-refractivity contribution in [2.45, 2.75) is 11.9 Å². The number of rotatable bonds is 4. The van der Waals surface area contributed by atoms with Crippen molar-refractivity contribution in [1.82, 2.24) is 9.97 Å². The summed E-state index contributed by atoms with van der Waals surface area (Å²) in [6, 6.07) is 4.72. The van der Waals surface area contributed by atoms with Crippen LogP contribution in [-0.4, -0.2) is 21.6 Å². The molecule has 110 valence electrons. The Hall–Kier alpha value is -2.22. The lowest BCUT2D eigenvalue weighted by atomic mass is 10.3. The smallest absolute Gasteiger partial charge is 0.325 e. The van der Waals surface area contributed by atoms with Crippen molar-refractivity contribution in [1.29, 1.82) is 0 Å². The molecular formula is C13H11F2N3O2S. The zero-order chi connectivity index (χ0) is 15.4. The highest BCUT2D eigenvalue weighted by molar-refractivity contribution is 7.99. The number of nitrogens with one attached hydrogen (secondary N) is 2. The molecule has 0 atom stereocenters. The summed E-state index contributed by atoms with van der Waals surface area (Å²) in [4.78, 5) is 29.0. The van der Waals surface area contributed by atoms with Crippen LogP contribution in [0.25, 0.3) is 0 Å². The van der Waals surface area contributed by atoms with Gasteiger partial charge in [-0.05, 0) is 25.1 Å². The fourth-order valence-corrected chi connectivity index (χ4v) is 2.29. The van der Waals surface area contributed by atoms with Gasteiger partial charge >= 0.3 is 5.69 Å². The van der Waals surface area contributed by atoms with Gasteiger partial charge in [0.05, 0.1) is 5.75 Å². The molecule has 2 N–H and O–H groups in total. The van der Waals surface area contributed by atoms with Gasteiger partial charge in [-0.2, -0.15) is 4.98 Å². The first kappa shape index (κ1) is 15.2. The lowest BCUT2D eigenvalue weighted by Gasteiger charge is -2.05. The zero-order valence-corrected chi connectivity index (χ0v) is 11.8. The fraction of sp³-hybridized carbons (Fsp3) is 0.154. The molecule has 0 unspecified atom stereocenters. The Kier molecular flexibility index (Phi) is 4.69. The Morgan fingerprint density at radius 3 is 2.76 bits per heavy atom. The number of anilines is 1. The number of carbonyl (C=O) groups is 1. The molecule has 2 rings (SSSR count). The highest BCUT2D eigenvalue weighted by atomic mass is 32.2. The first-order chi connectivity index (χ1) is 9.94. The second kappa shape index (κ2) is 6.49. The molecule has 2 aromatic rings. The number of H-pyrrole nitrogens is 1. The van der Waals surface area contributed by atoms with Crippen LogP contribution < -0.4 is 11.0 Å². The lowest BCUT2D eigenvalue weighted by molar-refractivity contribution is -0.113. The maximum absolute atomic E-state index is 13.0. The van der Waals surface area contributed by atoms with E-state index in [1.165, 1.54) is 6.07 Å². The second-order valence-electron chi connectivity index (χ2n) is 4.17. The van der Waals surface area contributed by atoms with E-state index in [-0.39, 0.29) is 11.4 Å². The Morgan fingerprint density at radius 2 is 2.10 bits per heavy atom. The van der Waals surface area contributed by atoms with Gasteiger partial charge in [0.15, 0.2) is 11.6 Å². The first-order valence-electron chi connectivity index (χ1n) is 5.90. The maximum Gasteiger partial charge on any atom is 0.346 e. The number of hydrogen-bond acceptors (Lipinski definition) is 4. The molecule has 21 heavy (non-hydrogen) atoms. The van der Waals surface area contributed by atoms with Crippen LogP contribution in [0, 0.1) is 18.6 Å². The van der Waals surface area contributed by atoms with Crippen LogP contribution in [0.3, 0.4) is 0 Å². The number of carbonyl (C=O) groups excluding carboxylic acids is 1. The standard InChI is InChI=1S/C13H11F2N3O2S/c1-7-4-12(18-13(20)16-7)21-6-11(19)17-8-2-3-9(14)10(15)5-8/h2-5H,6H2,1H3,(H,17,19)(H,16,18,20). The van der Waals surface area contributed by atoms with Crippen LogP contribution in [0.4, 0.5) is 14.5 Å². The Labute approximate surface area is 122 Å². The van der Waals surface area contributed by atoms with E-state index < -0.39 is 23.2 Å². The van der Waals surface area contributed by atoms with E-state index in [2.05, 4.69) is 15.3 Å². The average Bonchev–Trinajstić information content (AvgIpc) is 2.40. The summed E-state index contributed by atoms with van der Waals surface area (Å²) in [5.41, 5.74) is 0.312. The van der Waals surface area contributed by atoms with Gasteiger partial charge in [-0.25, -0.2) is 13.6 Å². The molecule has 0 saturated carbocycles. The third-order valence-electron chi connectivity index (χ3n) is 2.41. The van der Waals surface area contributed by atoms with Gasteiger partial charge in [0, 0.05) is 17.4 Å². The van der Waals surface area contributed by atoms with E-state index in [4.69, 9.17) is 0 Å². The number of amides is 1. The number of nitrogens with zero attached hydrogens (tertiary/aromatic N) is 1. The molecule has 1 aromatic heterocycles. The highest BCUT2D eigenvalue weighted by Gasteiger charge is 2.08. The molecule has 1 heterocycles. The Balaban J connectivity index is 1.95. The molecule has 0 fully saturated rings. The number of benzene rings is 1. The van der Waals surface area contributed by atoms with Crippen molar-refractivity contribution < 1.29 is 13.6 Å². The van der Waals surface area contributed by atoms with E-state index in [0.29, 0.717) is 10.7 Å². The van der Waals surface area contributed by atoms with E-state index in [1.54, 1.807) is 13.0 Å². The molecule has 0 bridgehead atoms. The number of thioether (sulfide) groups is 1. The van der Waals surface area contributed by atoms with Crippen LogP contribution in [-0.2, 0) is 4.79 Å². The van der Waals surface area contributed by atoms with Crippen molar-refractivity contribution in [3.8, 4) is 0 Å². The predicted octanol–water partition coefficient (Wildman–Crippen LogP) is 2.09. The van der Waals surface area contributed by atoms with Gasteiger partial charge in [0.2, 0.25) is 5.91 Å². The van der Waals surface area contributed by atoms with E-state index in [9.17, 15) is 18.4 Å². The van der Waals surface area contributed by atoms with E-state index in [1.807, 2.05) is 0 Å². The molecule has 1 aromatic carbocycles. The fourth-order valence-electron chi connectivity index (χ4n) is 1.53. The summed E-state index contributed by atoms with van der Waals surface area (Å²) in [5.74, 6) is -2.43. The minimum atomic E-state index is -1.03. The monoisotopic (exact) mass is 311 g/mol. The summed E-state index contributed by atoms with van der Waals surface area (Å²) < 4.78 is 25.7. The number of hydrogen-bond donors (Lipinski definition) is 2. The number of halogens is 2. The third kappa shape index (κ3) is 4.38. The predicted molar refractivity (Wildman–Crippen MR) is 75.3 cm³/mol. The van der Waals surface area contributed by atoms with Crippen LogP contribution in [0.5, 0.6) is 0 Å². The average molecular weight is 311 g/mol. The largest absolute Gasteiger partial charge is 0.346 e. The van der Waals surface area contributed by atoms with E-state index in [0.717, 1.165) is 23.9 Å². The van der Waals surface area contributed by atoms with Crippen molar-refractivity contribution in [2.24, 2.45) is 0 Å². The van der Waals surface area contributed by atoms with Crippen LogP contribution in [0.2, 0.25) is 0 Å². The van der Waals surface area contributed by atoms with Gasteiger partial charge in [-0.3, -0.25) is 4.79 Å². The van der Waals surface area contributed by atoms with Crippen LogP contribution in [0.1, 0.15) is 5.69 Å². The molecule has 1 amide bonds. The molecule has 8 heteroatoms. The summed E-state index contributed by atoms with van der Waals surface area (Å²) in [6.45, 7) is 1.70. The summed E-state index contributed by atoms with van der Waals surface area (Å²) in [5, 5.41) is 2.84. The third-order valence-corrected chi connectivity index (χ3v) is 3.32. The molecule has 0 aliphatic rings. The van der Waals surface area contributed by atoms with Crippen LogP contribution >= 0.6 is 11.8 Å². The van der Waals surface area contributed by atoms with Gasteiger partial charge in [0.25, 0.3) is 0 Å². The number of aryl methyl sites for hydroxylation is 1. The molecule has 0 aliphatic heterocycles. The number of aromatic amines is 1. The van der Waals surface area contributed by atoms with Gasteiger partial charge < -0.3 is 10.3 Å². The minimum absolute atomic E-state index is 0.00507. The van der Waals surface area contributed by atoms with Crippen molar-refractivity contribution >= 4 is 23.4 Å². The van der Waals surface area contributed by atoms with E-state index >= 15 is 0 Å². The number of aromatic nitrogens is 2. The molecule has 0 aliphatic carbocycles.